The fourth-order valence-corrected chi connectivity index (χ4v) is 2.97. The van der Waals surface area contributed by atoms with Gasteiger partial charge in [0.25, 0.3) is 5.91 Å². The molecule has 0 aliphatic carbocycles. The number of pyridine rings is 1. The van der Waals surface area contributed by atoms with Crippen LogP contribution in [0.2, 0.25) is 0 Å². The standard InChI is InChI=1S/C25H25N3O3/c1-28(2)25(30)23(16-19-4-3-15-27-17-19)20-8-12-22(13-9-20)31-21-10-5-18(6-11-21)7-14-24(26)29/h3-6,8-13,15-17H,7,14H2,1-2H3,(H2,26,29)/b23-16-. The van der Waals surface area contributed by atoms with Crippen LogP contribution in [0.5, 0.6) is 11.5 Å². The number of hydrogen-bond donors (Lipinski definition) is 1. The summed E-state index contributed by atoms with van der Waals surface area (Å²) in [7, 11) is 3.45. The summed E-state index contributed by atoms with van der Waals surface area (Å²) in [5.41, 5.74) is 8.42. The number of carbonyl (C=O) groups is 2. The molecule has 1 aromatic heterocycles. The molecule has 0 bridgehead atoms. The highest BCUT2D eigenvalue weighted by molar-refractivity contribution is 6.24. The Bertz CT molecular complexity index is 1060. The van der Waals surface area contributed by atoms with E-state index in [1.54, 1.807) is 31.4 Å². The maximum atomic E-state index is 12.7. The predicted molar refractivity (Wildman–Crippen MR) is 121 cm³/mol. The maximum absolute atomic E-state index is 12.7. The maximum Gasteiger partial charge on any atom is 0.253 e. The second kappa shape index (κ2) is 10.2. The Morgan fingerprint density at radius 2 is 1.65 bits per heavy atom. The first kappa shape index (κ1) is 21.8. The number of aromatic nitrogens is 1. The largest absolute Gasteiger partial charge is 0.457 e. The van der Waals surface area contributed by atoms with Crippen LogP contribution in [0.4, 0.5) is 0 Å². The number of benzene rings is 2. The van der Waals surface area contributed by atoms with E-state index in [4.69, 9.17) is 10.5 Å². The van der Waals surface area contributed by atoms with E-state index in [9.17, 15) is 9.59 Å². The Hall–Kier alpha value is -3.93. The number of carbonyl (C=O) groups excluding carboxylic acids is 2. The SMILES string of the molecule is CN(C)C(=O)/C(=C\c1cccnc1)c1ccc(Oc2ccc(CCC(N)=O)cc2)cc1. The van der Waals surface area contributed by atoms with Crippen LogP contribution in [0, 0.1) is 0 Å². The first-order chi connectivity index (χ1) is 14.9. The van der Waals surface area contributed by atoms with Gasteiger partial charge in [-0.15, -0.1) is 0 Å². The quantitative estimate of drug-likeness (QED) is 0.565. The molecule has 0 saturated heterocycles. The van der Waals surface area contributed by atoms with Crippen LogP contribution in [0.3, 0.4) is 0 Å². The van der Waals surface area contributed by atoms with E-state index in [0.717, 1.165) is 16.7 Å². The lowest BCUT2D eigenvalue weighted by Gasteiger charge is -2.15. The topological polar surface area (TPSA) is 85.5 Å². The number of rotatable bonds is 8. The summed E-state index contributed by atoms with van der Waals surface area (Å²) in [5, 5.41) is 0. The fraction of sp³-hybridized carbons (Fsp3) is 0.160. The van der Waals surface area contributed by atoms with Crippen molar-refractivity contribution in [2.75, 3.05) is 14.1 Å². The van der Waals surface area contributed by atoms with Gasteiger partial charge in [-0.25, -0.2) is 0 Å². The zero-order chi connectivity index (χ0) is 22.2. The average Bonchev–Trinajstić information content (AvgIpc) is 2.78. The summed E-state index contributed by atoms with van der Waals surface area (Å²) >= 11 is 0. The minimum absolute atomic E-state index is 0.0935. The van der Waals surface area contributed by atoms with Crippen molar-refractivity contribution in [2.45, 2.75) is 12.8 Å². The molecule has 0 atom stereocenters. The monoisotopic (exact) mass is 415 g/mol. The first-order valence-corrected chi connectivity index (χ1v) is 9.91. The van der Waals surface area contributed by atoms with Gasteiger partial charge in [0, 0.05) is 38.5 Å². The van der Waals surface area contributed by atoms with Crippen molar-refractivity contribution < 1.29 is 14.3 Å². The minimum Gasteiger partial charge on any atom is -0.457 e. The molecule has 0 saturated carbocycles. The van der Waals surface area contributed by atoms with E-state index in [2.05, 4.69) is 4.98 Å². The van der Waals surface area contributed by atoms with Crippen molar-refractivity contribution in [1.82, 2.24) is 9.88 Å². The summed E-state index contributed by atoms with van der Waals surface area (Å²) in [6.07, 6.45) is 6.17. The van der Waals surface area contributed by atoms with Crippen molar-refractivity contribution >= 4 is 23.5 Å². The van der Waals surface area contributed by atoms with Gasteiger partial charge in [0.15, 0.2) is 0 Å². The molecule has 0 aliphatic rings. The first-order valence-electron chi connectivity index (χ1n) is 9.91. The molecular weight excluding hydrogens is 390 g/mol. The fourth-order valence-electron chi connectivity index (χ4n) is 2.97. The summed E-state index contributed by atoms with van der Waals surface area (Å²) in [4.78, 5) is 29.3. The number of nitrogens with zero attached hydrogens (tertiary/aromatic N) is 2. The molecule has 31 heavy (non-hydrogen) atoms. The lowest BCUT2D eigenvalue weighted by molar-refractivity contribution is -0.122. The van der Waals surface area contributed by atoms with Crippen LogP contribution in [0.15, 0.2) is 73.1 Å². The summed E-state index contributed by atoms with van der Waals surface area (Å²) < 4.78 is 5.90. The lowest BCUT2D eigenvalue weighted by atomic mass is 10.0. The van der Waals surface area contributed by atoms with E-state index in [0.29, 0.717) is 29.9 Å². The minimum atomic E-state index is -0.315. The highest BCUT2D eigenvalue weighted by atomic mass is 16.5. The number of hydrogen-bond acceptors (Lipinski definition) is 4. The molecule has 3 aromatic rings. The number of amides is 2. The molecule has 0 fully saturated rings. The van der Waals surface area contributed by atoms with Gasteiger partial charge >= 0.3 is 0 Å². The zero-order valence-corrected chi connectivity index (χ0v) is 17.6. The molecule has 1 heterocycles. The molecule has 6 nitrogen and oxygen atoms in total. The Balaban J connectivity index is 1.76. The smallest absolute Gasteiger partial charge is 0.253 e. The van der Waals surface area contributed by atoms with Gasteiger partial charge in [-0.3, -0.25) is 14.6 Å². The molecule has 2 aromatic carbocycles. The molecule has 0 radical (unpaired) electrons. The van der Waals surface area contributed by atoms with Gasteiger partial charge in [0.05, 0.1) is 0 Å². The van der Waals surface area contributed by atoms with E-state index in [-0.39, 0.29) is 11.8 Å². The van der Waals surface area contributed by atoms with Crippen LogP contribution in [0.25, 0.3) is 11.6 Å². The second-order valence-corrected chi connectivity index (χ2v) is 7.28. The summed E-state index contributed by atoms with van der Waals surface area (Å²) in [6, 6.07) is 18.7. The third-order valence-corrected chi connectivity index (χ3v) is 4.62. The molecule has 0 aliphatic heterocycles. The Morgan fingerprint density at radius 1 is 1.00 bits per heavy atom. The second-order valence-electron chi connectivity index (χ2n) is 7.28. The highest BCUT2D eigenvalue weighted by Crippen LogP contribution is 2.26. The number of ether oxygens (including phenoxy) is 1. The molecular formula is C25H25N3O3. The lowest BCUT2D eigenvalue weighted by Crippen LogP contribution is -2.22. The van der Waals surface area contributed by atoms with Crippen LogP contribution >= 0.6 is 0 Å². The molecule has 158 valence electrons. The van der Waals surface area contributed by atoms with E-state index >= 15 is 0 Å². The van der Waals surface area contributed by atoms with Gasteiger partial charge in [0.2, 0.25) is 5.91 Å². The third-order valence-electron chi connectivity index (χ3n) is 4.62. The molecule has 0 unspecified atom stereocenters. The average molecular weight is 415 g/mol. The Morgan fingerprint density at radius 3 is 2.19 bits per heavy atom. The third kappa shape index (κ3) is 6.27. The Kier molecular flexibility index (Phi) is 7.17. The van der Waals surface area contributed by atoms with Gasteiger partial charge in [-0.05, 0) is 59.5 Å². The molecule has 2 amide bonds. The van der Waals surface area contributed by atoms with Gasteiger partial charge in [0.1, 0.15) is 11.5 Å². The predicted octanol–water partition coefficient (Wildman–Crippen LogP) is 3.92. The van der Waals surface area contributed by atoms with Crippen LogP contribution in [-0.4, -0.2) is 35.8 Å². The van der Waals surface area contributed by atoms with Crippen molar-refractivity contribution in [1.29, 1.82) is 0 Å². The molecule has 6 heteroatoms. The van der Waals surface area contributed by atoms with Crippen molar-refractivity contribution in [3.63, 3.8) is 0 Å². The van der Waals surface area contributed by atoms with Crippen LogP contribution < -0.4 is 10.5 Å². The normalized spacial score (nSPS) is 11.1. The molecule has 2 N–H and O–H groups in total. The molecule has 3 rings (SSSR count). The number of nitrogens with two attached hydrogens (primary N) is 1. The van der Waals surface area contributed by atoms with E-state index < -0.39 is 0 Å². The van der Waals surface area contributed by atoms with Crippen LogP contribution in [-0.2, 0) is 16.0 Å². The van der Waals surface area contributed by atoms with Crippen molar-refractivity contribution in [3.05, 3.63) is 89.7 Å². The zero-order valence-electron chi connectivity index (χ0n) is 17.6. The summed E-state index contributed by atoms with van der Waals surface area (Å²) in [6.45, 7) is 0. The number of aryl methyl sites for hydroxylation is 1. The highest BCUT2D eigenvalue weighted by Gasteiger charge is 2.14. The van der Waals surface area contributed by atoms with E-state index in [1.807, 2.05) is 66.7 Å². The Labute approximate surface area is 182 Å². The summed E-state index contributed by atoms with van der Waals surface area (Å²) in [5.74, 6) is 0.937. The van der Waals surface area contributed by atoms with Gasteiger partial charge < -0.3 is 15.4 Å². The number of primary amides is 1. The van der Waals surface area contributed by atoms with E-state index in [1.165, 1.54) is 0 Å². The van der Waals surface area contributed by atoms with Gasteiger partial charge in [-0.1, -0.05) is 30.3 Å². The number of likely N-dealkylation sites (N-methyl/N-ethyl adjacent to an activating group) is 1. The van der Waals surface area contributed by atoms with Gasteiger partial charge in [-0.2, -0.15) is 0 Å². The van der Waals surface area contributed by atoms with Crippen molar-refractivity contribution in [3.8, 4) is 11.5 Å². The van der Waals surface area contributed by atoms with Crippen molar-refractivity contribution in [2.24, 2.45) is 5.73 Å². The molecule has 0 spiro atoms. The van der Waals surface area contributed by atoms with Crippen LogP contribution in [0.1, 0.15) is 23.1 Å².